The van der Waals surface area contributed by atoms with Gasteiger partial charge in [0.25, 0.3) is 0 Å². The maximum absolute atomic E-state index is 5.75. The molecule has 2 saturated carbocycles. The van der Waals surface area contributed by atoms with Crippen LogP contribution < -0.4 is 10.1 Å². The van der Waals surface area contributed by atoms with Crippen molar-refractivity contribution in [2.24, 2.45) is 17.8 Å². The summed E-state index contributed by atoms with van der Waals surface area (Å²) >= 11 is 0. The van der Waals surface area contributed by atoms with E-state index in [0.29, 0.717) is 5.92 Å². The molecular weight excluding hydrogens is 246 g/mol. The van der Waals surface area contributed by atoms with Crippen molar-refractivity contribution < 1.29 is 4.74 Å². The van der Waals surface area contributed by atoms with Gasteiger partial charge in [-0.1, -0.05) is 18.2 Å². The van der Waals surface area contributed by atoms with E-state index in [4.69, 9.17) is 4.74 Å². The molecule has 1 heterocycles. The number of rotatable bonds is 6. The number of para-hydroxylation sites is 1. The van der Waals surface area contributed by atoms with Gasteiger partial charge < -0.3 is 10.1 Å². The highest BCUT2D eigenvalue weighted by Crippen LogP contribution is 2.48. The van der Waals surface area contributed by atoms with Gasteiger partial charge in [-0.05, 0) is 68.0 Å². The lowest BCUT2D eigenvalue weighted by molar-refractivity contribution is 0.261. The summed E-state index contributed by atoms with van der Waals surface area (Å²) in [5.41, 5.74) is 1.40. The van der Waals surface area contributed by atoms with Crippen LogP contribution in [0.25, 0.3) is 0 Å². The molecule has 1 aliphatic heterocycles. The first-order valence-corrected chi connectivity index (χ1v) is 8.34. The minimum absolute atomic E-state index is 0.638. The van der Waals surface area contributed by atoms with Gasteiger partial charge in [-0.15, -0.1) is 0 Å². The Bertz CT molecular complexity index is 452. The predicted octanol–water partition coefficient (Wildman–Crippen LogP) is 3.58. The highest BCUT2D eigenvalue weighted by molar-refractivity contribution is 5.37. The Labute approximate surface area is 121 Å². The van der Waals surface area contributed by atoms with E-state index in [1.54, 1.807) is 0 Å². The van der Waals surface area contributed by atoms with E-state index in [1.165, 1.54) is 37.8 Å². The van der Waals surface area contributed by atoms with Crippen molar-refractivity contribution in [2.45, 2.75) is 38.0 Å². The average Bonchev–Trinajstić information content (AvgIpc) is 3.38. The van der Waals surface area contributed by atoms with Gasteiger partial charge in [0.05, 0.1) is 6.61 Å². The Hall–Kier alpha value is -1.02. The number of fused-ring (bicyclic) bond motifs is 1. The van der Waals surface area contributed by atoms with Crippen molar-refractivity contribution in [3.63, 3.8) is 0 Å². The molecule has 0 bridgehead atoms. The van der Waals surface area contributed by atoms with Crippen molar-refractivity contribution in [2.75, 3.05) is 19.7 Å². The van der Waals surface area contributed by atoms with Crippen LogP contribution in [-0.4, -0.2) is 19.7 Å². The lowest BCUT2D eigenvalue weighted by Crippen LogP contribution is -2.31. The lowest BCUT2D eigenvalue weighted by Gasteiger charge is -2.27. The van der Waals surface area contributed by atoms with Crippen LogP contribution in [0.5, 0.6) is 5.75 Å². The fraction of sp³-hybridized carbons (Fsp3) is 0.667. The fourth-order valence-corrected chi connectivity index (χ4v) is 3.82. The number of ether oxygens (including phenoxy) is 1. The highest BCUT2D eigenvalue weighted by Gasteiger charge is 2.40. The zero-order chi connectivity index (χ0) is 13.4. The molecule has 1 atom stereocenters. The Morgan fingerprint density at radius 1 is 1.05 bits per heavy atom. The molecule has 3 aliphatic rings. The maximum atomic E-state index is 5.75. The van der Waals surface area contributed by atoms with Gasteiger partial charge in [0.15, 0.2) is 0 Å². The molecule has 1 N–H and O–H groups in total. The van der Waals surface area contributed by atoms with Crippen LogP contribution in [0.1, 0.15) is 43.6 Å². The minimum Gasteiger partial charge on any atom is -0.493 e. The summed E-state index contributed by atoms with van der Waals surface area (Å²) in [6.07, 6.45) is 7.11. The largest absolute Gasteiger partial charge is 0.493 e. The smallest absolute Gasteiger partial charge is 0.122 e. The molecule has 1 unspecified atom stereocenters. The van der Waals surface area contributed by atoms with Crippen LogP contribution in [0.15, 0.2) is 24.3 Å². The van der Waals surface area contributed by atoms with Gasteiger partial charge in [-0.3, -0.25) is 0 Å². The van der Waals surface area contributed by atoms with Gasteiger partial charge in [0.1, 0.15) is 5.75 Å². The zero-order valence-corrected chi connectivity index (χ0v) is 12.2. The fourth-order valence-electron chi connectivity index (χ4n) is 3.82. The van der Waals surface area contributed by atoms with E-state index in [-0.39, 0.29) is 0 Å². The van der Waals surface area contributed by atoms with Crippen LogP contribution in [0.4, 0.5) is 0 Å². The molecule has 1 aromatic carbocycles. The summed E-state index contributed by atoms with van der Waals surface area (Å²) in [4.78, 5) is 0. The third kappa shape index (κ3) is 2.71. The third-order valence-corrected chi connectivity index (χ3v) is 5.31. The summed E-state index contributed by atoms with van der Waals surface area (Å²) in [5, 5.41) is 3.78. The summed E-state index contributed by atoms with van der Waals surface area (Å²) < 4.78 is 5.75. The van der Waals surface area contributed by atoms with Gasteiger partial charge in [-0.2, -0.15) is 0 Å². The lowest BCUT2D eigenvalue weighted by atomic mass is 9.92. The number of hydrogen-bond acceptors (Lipinski definition) is 2. The van der Waals surface area contributed by atoms with E-state index >= 15 is 0 Å². The van der Waals surface area contributed by atoms with Crippen LogP contribution in [-0.2, 0) is 0 Å². The predicted molar refractivity (Wildman–Crippen MR) is 81.1 cm³/mol. The maximum Gasteiger partial charge on any atom is 0.122 e. The van der Waals surface area contributed by atoms with E-state index in [2.05, 4.69) is 29.6 Å². The van der Waals surface area contributed by atoms with Crippen LogP contribution in [0, 0.1) is 17.8 Å². The SMILES string of the molecule is c1ccc2c(c1)OCCC2CNCC(C1CC1)C1CC1. The van der Waals surface area contributed by atoms with Crippen LogP contribution in [0.3, 0.4) is 0 Å². The van der Waals surface area contributed by atoms with E-state index in [1.807, 2.05) is 0 Å². The first-order chi connectivity index (χ1) is 9.92. The van der Waals surface area contributed by atoms with Gasteiger partial charge >= 0.3 is 0 Å². The second-order valence-corrected chi connectivity index (χ2v) is 6.87. The Balaban J connectivity index is 1.33. The standard InChI is InChI=1S/C18H25NO/c1-2-4-18-16(3-1)15(9-10-20-18)11-19-12-17(13-5-6-13)14-7-8-14/h1-4,13-15,17,19H,5-12H2. The number of benzene rings is 1. The molecule has 0 radical (unpaired) electrons. The first-order valence-electron chi connectivity index (χ1n) is 8.34. The van der Waals surface area contributed by atoms with Crippen molar-refractivity contribution in [3.8, 4) is 5.75 Å². The number of nitrogens with one attached hydrogen (secondary N) is 1. The number of hydrogen-bond donors (Lipinski definition) is 1. The Morgan fingerprint density at radius 2 is 1.80 bits per heavy atom. The van der Waals surface area contributed by atoms with Crippen LogP contribution >= 0.6 is 0 Å². The molecule has 2 fully saturated rings. The summed E-state index contributed by atoms with van der Waals surface area (Å²) in [6, 6.07) is 8.56. The Morgan fingerprint density at radius 3 is 2.55 bits per heavy atom. The quantitative estimate of drug-likeness (QED) is 0.854. The van der Waals surface area contributed by atoms with Gasteiger partial charge in [0.2, 0.25) is 0 Å². The molecule has 20 heavy (non-hydrogen) atoms. The average molecular weight is 271 g/mol. The first kappa shape index (κ1) is 12.7. The van der Waals surface area contributed by atoms with Crippen molar-refractivity contribution in [1.82, 2.24) is 5.32 Å². The van der Waals surface area contributed by atoms with Crippen molar-refractivity contribution >= 4 is 0 Å². The van der Waals surface area contributed by atoms with Crippen molar-refractivity contribution in [3.05, 3.63) is 29.8 Å². The molecule has 2 nitrogen and oxygen atoms in total. The highest BCUT2D eigenvalue weighted by atomic mass is 16.5. The minimum atomic E-state index is 0.638. The summed E-state index contributed by atoms with van der Waals surface area (Å²) in [7, 11) is 0. The van der Waals surface area contributed by atoms with Crippen molar-refractivity contribution in [1.29, 1.82) is 0 Å². The molecule has 0 aromatic heterocycles. The van der Waals surface area contributed by atoms with Gasteiger partial charge in [-0.25, -0.2) is 0 Å². The molecular formula is C18H25NO. The topological polar surface area (TPSA) is 21.3 Å². The molecule has 2 heteroatoms. The second kappa shape index (κ2) is 5.40. The Kier molecular flexibility index (Phi) is 3.43. The monoisotopic (exact) mass is 271 g/mol. The molecule has 108 valence electrons. The molecule has 0 amide bonds. The van der Waals surface area contributed by atoms with E-state index < -0.39 is 0 Å². The third-order valence-electron chi connectivity index (χ3n) is 5.31. The second-order valence-electron chi connectivity index (χ2n) is 6.87. The summed E-state index contributed by atoms with van der Waals surface area (Å²) in [6.45, 7) is 3.24. The normalized spacial score (nSPS) is 25.4. The molecule has 0 spiro atoms. The van der Waals surface area contributed by atoms with Gasteiger partial charge in [0, 0.05) is 12.5 Å². The zero-order valence-electron chi connectivity index (χ0n) is 12.2. The summed E-state index contributed by atoms with van der Waals surface area (Å²) in [5.74, 6) is 4.82. The molecule has 4 rings (SSSR count). The van der Waals surface area contributed by atoms with E-state index in [0.717, 1.165) is 43.1 Å². The van der Waals surface area contributed by atoms with E-state index in [9.17, 15) is 0 Å². The molecule has 2 aliphatic carbocycles. The molecule has 0 saturated heterocycles. The van der Waals surface area contributed by atoms with Crippen LogP contribution in [0.2, 0.25) is 0 Å². The molecule has 1 aromatic rings.